The number of primary sulfonamides is 1. The maximum atomic E-state index is 12.7. The predicted octanol–water partition coefficient (Wildman–Crippen LogP) is 2.54. The molecule has 8 heteroatoms. The lowest BCUT2D eigenvalue weighted by Crippen LogP contribution is -2.33. The van der Waals surface area contributed by atoms with E-state index < -0.39 is 27.0 Å². The Labute approximate surface area is 101 Å². The summed E-state index contributed by atoms with van der Waals surface area (Å²) in [4.78, 5) is 0. The molecule has 1 aromatic rings. The summed E-state index contributed by atoms with van der Waals surface area (Å²) in [5.41, 5.74) is -0.293. The number of rotatable bonds is 2. The van der Waals surface area contributed by atoms with Gasteiger partial charge < -0.3 is 0 Å². The van der Waals surface area contributed by atoms with E-state index in [4.69, 9.17) is 11.6 Å². The molecule has 1 aromatic carbocycles. The minimum atomic E-state index is -4.97. The number of alkyl halides is 3. The van der Waals surface area contributed by atoms with Crippen LogP contribution < -0.4 is 5.14 Å². The van der Waals surface area contributed by atoms with Crippen LogP contribution in [0.5, 0.6) is 0 Å². The zero-order valence-electron chi connectivity index (χ0n) is 8.62. The molecule has 1 rings (SSSR count). The van der Waals surface area contributed by atoms with Gasteiger partial charge in [-0.3, -0.25) is 0 Å². The maximum absolute atomic E-state index is 12.7. The molecule has 0 aliphatic carbocycles. The Morgan fingerprint density at radius 2 is 1.88 bits per heavy atom. The fourth-order valence-electron chi connectivity index (χ4n) is 1.47. The van der Waals surface area contributed by atoms with E-state index in [1.165, 1.54) is 19.1 Å². The third-order valence-corrected chi connectivity index (χ3v) is 3.55. The first-order valence-corrected chi connectivity index (χ1v) is 6.36. The van der Waals surface area contributed by atoms with E-state index in [0.29, 0.717) is 0 Å². The van der Waals surface area contributed by atoms with Crippen molar-refractivity contribution in [3.8, 4) is 0 Å². The SMILES string of the molecule is Cc1cc(Cl)ccc1C(C(F)(F)F)S(N)(=O)=O. The molecule has 0 bridgehead atoms. The van der Waals surface area contributed by atoms with Crippen LogP contribution in [0.3, 0.4) is 0 Å². The van der Waals surface area contributed by atoms with E-state index in [-0.39, 0.29) is 10.6 Å². The third-order valence-electron chi connectivity index (χ3n) is 2.14. The topological polar surface area (TPSA) is 60.2 Å². The normalized spacial score (nSPS) is 14.7. The largest absolute Gasteiger partial charge is 0.410 e. The van der Waals surface area contributed by atoms with Crippen molar-refractivity contribution in [3.05, 3.63) is 34.3 Å². The lowest BCUT2D eigenvalue weighted by molar-refractivity contribution is -0.131. The first kappa shape index (κ1) is 14.3. The molecule has 0 amide bonds. The molecule has 3 nitrogen and oxygen atoms in total. The van der Waals surface area contributed by atoms with Crippen LogP contribution in [0, 0.1) is 6.92 Å². The highest BCUT2D eigenvalue weighted by Crippen LogP contribution is 2.39. The average molecular weight is 288 g/mol. The zero-order chi connectivity index (χ0) is 13.4. The van der Waals surface area contributed by atoms with Crippen molar-refractivity contribution in [3.63, 3.8) is 0 Å². The van der Waals surface area contributed by atoms with E-state index in [9.17, 15) is 21.6 Å². The van der Waals surface area contributed by atoms with Gasteiger partial charge in [0.05, 0.1) is 0 Å². The van der Waals surface area contributed by atoms with Crippen LogP contribution in [0.25, 0.3) is 0 Å². The molecule has 96 valence electrons. The molecule has 0 aliphatic rings. The van der Waals surface area contributed by atoms with Gasteiger partial charge in [0, 0.05) is 5.02 Å². The second-order valence-electron chi connectivity index (χ2n) is 3.51. The van der Waals surface area contributed by atoms with Gasteiger partial charge in [-0.05, 0) is 30.2 Å². The Balaban J connectivity index is 3.44. The number of aryl methyl sites for hydroxylation is 1. The zero-order valence-corrected chi connectivity index (χ0v) is 10.2. The summed E-state index contributed by atoms with van der Waals surface area (Å²) < 4.78 is 60.2. The molecular formula is C9H9ClF3NO2S. The van der Waals surface area contributed by atoms with Gasteiger partial charge in [0.2, 0.25) is 10.0 Å². The van der Waals surface area contributed by atoms with Crippen molar-refractivity contribution in [2.45, 2.75) is 18.3 Å². The molecule has 17 heavy (non-hydrogen) atoms. The number of nitrogens with two attached hydrogens (primary N) is 1. The Morgan fingerprint density at radius 1 is 1.35 bits per heavy atom. The average Bonchev–Trinajstić information content (AvgIpc) is 2.04. The van der Waals surface area contributed by atoms with Crippen LogP contribution in [-0.4, -0.2) is 14.6 Å². The molecular weight excluding hydrogens is 279 g/mol. The summed E-state index contributed by atoms with van der Waals surface area (Å²) in [7, 11) is -4.78. The molecule has 0 aliphatic heterocycles. The highest BCUT2D eigenvalue weighted by atomic mass is 35.5. The summed E-state index contributed by atoms with van der Waals surface area (Å²) >= 11 is 5.59. The summed E-state index contributed by atoms with van der Waals surface area (Å²) in [5.74, 6) is 0. The highest BCUT2D eigenvalue weighted by Gasteiger charge is 2.48. The van der Waals surface area contributed by atoms with E-state index in [0.717, 1.165) is 6.07 Å². The van der Waals surface area contributed by atoms with Crippen LogP contribution in [0.1, 0.15) is 16.4 Å². The number of hydrogen-bond donors (Lipinski definition) is 1. The summed E-state index contributed by atoms with van der Waals surface area (Å²) in [6.45, 7) is 1.34. The van der Waals surface area contributed by atoms with Crippen LogP contribution in [-0.2, 0) is 10.0 Å². The second-order valence-corrected chi connectivity index (χ2v) is 5.60. The van der Waals surface area contributed by atoms with Crippen molar-refractivity contribution in [2.24, 2.45) is 5.14 Å². The standard InChI is InChI=1S/C9H9ClF3NO2S/c1-5-4-6(10)2-3-7(5)8(9(11,12)13)17(14,15)16/h2-4,8H,1H3,(H2,14,15,16). The van der Waals surface area contributed by atoms with Crippen molar-refractivity contribution < 1.29 is 21.6 Å². The van der Waals surface area contributed by atoms with Crippen LogP contribution in [0.15, 0.2) is 18.2 Å². The molecule has 1 unspecified atom stereocenters. The van der Waals surface area contributed by atoms with Gasteiger partial charge in [0.15, 0.2) is 5.25 Å². The van der Waals surface area contributed by atoms with E-state index in [1.807, 2.05) is 0 Å². The summed E-state index contributed by atoms with van der Waals surface area (Å²) in [6.07, 6.45) is -4.97. The number of sulfonamides is 1. The van der Waals surface area contributed by atoms with Gasteiger partial charge in [-0.15, -0.1) is 0 Å². The van der Waals surface area contributed by atoms with Gasteiger partial charge in [-0.2, -0.15) is 13.2 Å². The molecule has 1 atom stereocenters. The monoisotopic (exact) mass is 287 g/mol. The lowest BCUT2D eigenvalue weighted by Gasteiger charge is -2.20. The Kier molecular flexibility index (Phi) is 3.75. The van der Waals surface area contributed by atoms with Crippen LogP contribution >= 0.6 is 11.6 Å². The highest BCUT2D eigenvalue weighted by molar-refractivity contribution is 7.89. The van der Waals surface area contributed by atoms with Gasteiger partial charge in [0.25, 0.3) is 0 Å². The summed E-state index contributed by atoms with van der Waals surface area (Å²) in [5, 5.41) is 2.12. The summed E-state index contributed by atoms with van der Waals surface area (Å²) in [6, 6.07) is 3.45. The van der Waals surface area contributed by atoms with Gasteiger partial charge in [-0.1, -0.05) is 17.7 Å². The number of halogens is 4. The number of benzene rings is 1. The van der Waals surface area contributed by atoms with E-state index in [1.54, 1.807) is 0 Å². The van der Waals surface area contributed by atoms with Gasteiger partial charge in [-0.25, -0.2) is 13.6 Å². The lowest BCUT2D eigenvalue weighted by atomic mass is 10.1. The molecule has 0 aromatic heterocycles. The van der Waals surface area contributed by atoms with Crippen LogP contribution in [0.4, 0.5) is 13.2 Å². The fraction of sp³-hybridized carbons (Fsp3) is 0.333. The number of hydrogen-bond acceptors (Lipinski definition) is 2. The van der Waals surface area contributed by atoms with E-state index >= 15 is 0 Å². The Hall–Kier alpha value is -0.790. The van der Waals surface area contributed by atoms with Crippen molar-refractivity contribution in [1.82, 2.24) is 0 Å². The Morgan fingerprint density at radius 3 is 2.24 bits per heavy atom. The van der Waals surface area contributed by atoms with E-state index in [2.05, 4.69) is 5.14 Å². The van der Waals surface area contributed by atoms with Gasteiger partial charge >= 0.3 is 6.18 Å². The van der Waals surface area contributed by atoms with Crippen molar-refractivity contribution >= 4 is 21.6 Å². The molecule has 0 spiro atoms. The van der Waals surface area contributed by atoms with Gasteiger partial charge in [0.1, 0.15) is 0 Å². The van der Waals surface area contributed by atoms with Crippen LogP contribution in [0.2, 0.25) is 5.02 Å². The predicted molar refractivity (Wildman–Crippen MR) is 58.1 cm³/mol. The minimum absolute atomic E-state index is 0.119. The quantitative estimate of drug-likeness (QED) is 0.908. The molecule has 2 N–H and O–H groups in total. The molecule has 0 heterocycles. The molecule has 0 radical (unpaired) electrons. The van der Waals surface area contributed by atoms with Crippen molar-refractivity contribution in [1.29, 1.82) is 0 Å². The second kappa shape index (κ2) is 4.47. The third kappa shape index (κ3) is 3.34. The minimum Gasteiger partial charge on any atom is -0.228 e. The maximum Gasteiger partial charge on any atom is 0.410 e. The first-order valence-electron chi connectivity index (χ1n) is 4.38. The molecule has 0 saturated carbocycles. The fourth-order valence-corrected chi connectivity index (χ4v) is 2.69. The van der Waals surface area contributed by atoms with Crippen molar-refractivity contribution in [2.75, 3.05) is 0 Å². The molecule has 0 fully saturated rings. The smallest absolute Gasteiger partial charge is 0.228 e. The Bertz CT molecular complexity index is 528. The molecule has 0 saturated heterocycles. The first-order chi connectivity index (χ1) is 7.53.